The van der Waals surface area contributed by atoms with Gasteiger partial charge in [-0.05, 0) is 59.1 Å². The predicted octanol–water partition coefficient (Wildman–Crippen LogP) is 5.44. The Morgan fingerprint density at radius 2 is 1.81 bits per heavy atom. The lowest BCUT2D eigenvalue weighted by Gasteiger charge is -2.21. The summed E-state index contributed by atoms with van der Waals surface area (Å²) in [5.74, 6) is 1.17. The third kappa shape index (κ3) is 4.13. The van der Waals surface area contributed by atoms with Crippen LogP contribution in [0.15, 0.2) is 29.3 Å². The summed E-state index contributed by atoms with van der Waals surface area (Å²) < 4.78 is 7.67. The van der Waals surface area contributed by atoms with Crippen molar-refractivity contribution < 1.29 is 9.53 Å². The Morgan fingerprint density at radius 3 is 2.44 bits per heavy atom. The number of rotatable bonds is 4. The maximum atomic E-state index is 12.8. The molecule has 0 radical (unpaired) electrons. The highest BCUT2D eigenvalue weighted by Gasteiger charge is 2.33. The molecule has 2 aromatic heterocycles. The van der Waals surface area contributed by atoms with Crippen LogP contribution in [0.4, 0.5) is 0 Å². The van der Waals surface area contributed by atoms with Gasteiger partial charge in [0.2, 0.25) is 0 Å². The van der Waals surface area contributed by atoms with E-state index in [0.29, 0.717) is 5.82 Å². The van der Waals surface area contributed by atoms with Crippen molar-refractivity contribution in [3.63, 3.8) is 0 Å². The van der Waals surface area contributed by atoms with Crippen molar-refractivity contribution in [3.8, 4) is 5.00 Å². The van der Waals surface area contributed by atoms with Crippen LogP contribution in [-0.2, 0) is 16.0 Å². The fourth-order valence-corrected chi connectivity index (χ4v) is 5.18. The number of nitrogens with zero attached hydrogens (tertiary/aromatic N) is 4. The molecule has 0 fully saturated rings. The van der Waals surface area contributed by atoms with E-state index in [-0.39, 0.29) is 12.4 Å². The number of thiophene rings is 1. The molecule has 0 bridgehead atoms. The summed E-state index contributed by atoms with van der Waals surface area (Å²) in [5, 5.41) is 9.83. The Balaban J connectivity index is 1.90. The van der Waals surface area contributed by atoms with Gasteiger partial charge in [-0.3, -0.25) is 14.4 Å². The molecule has 1 aliphatic rings. The first-order chi connectivity index (χ1) is 15.1. The van der Waals surface area contributed by atoms with E-state index >= 15 is 0 Å². The second-order valence-electron chi connectivity index (χ2n) is 9.24. The lowest BCUT2D eigenvalue weighted by atomic mass is 9.98. The Morgan fingerprint density at radius 1 is 1.12 bits per heavy atom. The van der Waals surface area contributed by atoms with Crippen LogP contribution in [-0.4, -0.2) is 32.0 Å². The van der Waals surface area contributed by atoms with Crippen LogP contribution in [0.2, 0.25) is 0 Å². The number of esters is 1. The molecule has 4 rings (SSSR count). The fraction of sp³-hybridized carbons (Fsp3) is 0.440. The highest BCUT2D eigenvalue weighted by atomic mass is 32.1. The van der Waals surface area contributed by atoms with Gasteiger partial charge in [0.1, 0.15) is 22.5 Å². The van der Waals surface area contributed by atoms with E-state index < -0.39 is 11.6 Å². The van der Waals surface area contributed by atoms with Crippen molar-refractivity contribution in [2.75, 3.05) is 0 Å². The van der Waals surface area contributed by atoms with Gasteiger partial charge in [-0.25, -0.2) is 0 Å². The largest absolute Gasteiger partial charge is 0.460 e. The van der Waals surface area contributed by atoms with E-state index in [9.17, 15) is 4.79 Å². The monoisotopic (exact) mass is 450 g/mol. The first-order valence-electron chi connectivity index (χ1n) is 11.0. The molecule has 6 nitrogen and oxygen atoms in total. The number of ether oxygens (including phenoxy) is 1. The molecule has 0 spiro atoms. The van der Waals surface area contributed by atoms with Crippen LogP contribution < -0.4 is 0 Å². The quantitative estimate of drug-likeness (QED) is 0.496. The SMILES string of the molecule is CCc1ccc(C2=NC(CC(=O)OC(C)(C)C)c3nnc(C)n3-c3sc(C)c(C)c32)cc1. The van der Waals surface area contributed by atoms with Crippen molar-refractivity contribution in [3.05, 3.63) is 63.0 Å². The highest BCUT2D eigenvalue weighted by Crippen LogP contribution is 2.39. The van der Waals surface area contributed by atoms with E-state index in [0.717, 1.165) is 34.1 Å². The van der Waals surface area contributed by atoms with E-state index in [1.807, 2.05) is 27.7 Å². The molecule has 3 heterocycles. The maximum absolute atomic E-state index is 12.8. The second kappa shape index (κ2) is 8.28. The zero-order chi connectivity index (χ0) is 23.2. The van der Waals surface area contributed by atoms with Gasteiger partial charge in [0.25, 0.3) is 0 Å². The average Bonchev–Trinajstić information content (AvgIpc) is 3.19. The molecule has 7 heteroatoms. The molecular formula is C25H30N4O2S. The minimum absolute atomic E-state index is 0.110. The molecule has 1 aromatic carbocycles. The lowest BCUT2D eigenvalue weighted by Crippen LogP contribution is -2.25. The van der Waals surface area contributed by atoms with Gasteiger partial charge in [0, 0.05) is 16.0 Å². The van der Waals surface area contributed by atoms with Crippen LogP contribution in [0.25, 0.3) is 5.00 Å². The molecular weight excluding hydrogens is 420 g/mol. The van der Waals surface area contributed by atoms with Crippen LogP contribution in [0.3, 0.4) is 0 Å². The number of hydrogen-bond acceptors (Lipinski definition) is 6. The summed E-state index contributed by atoms with van der Waals surface area (Å²) in [6, 6.07) is 8.05. The van der Waals surface area contributed by atoms with Crippen LogP contribution >= 0.6 is 11.3 Å². The molecule has 0 N–H and O–H groups in total. The van der Waals surface area contributed by atoms with Crippen molar-refractivity contribution in [2.45, 2.75) is 73.0 Å². The molecule has 0 saturated heterocycles. The molecule has 0 saturated carbocycles. The number of aliphatic imine (C=N–C) groups is 1. The van der Waals surface area contributed by atoms with Gasteiger partial charge in [-0.2, -0.15) is 0 Å². The Labute approximate surface area is 193 Å². The van der Waals surface area contributed by atoms with E-state index in [1.165, 1.54) is 16.0 Å². The molecule has 3 aromatic rings. The van der Waals surface area contributed by atoms with Gasteiger partial charge in [-0.1, -0.05) is 31.2 Å². The van der Waals surface area contributed by atoms with Gasteiger partial charge in [0.15, 0.2) is 5.82 Å². The zero-order valence-corrected chi connectivity index (χ0v) is 20.6. The first kappa shape index (κ1) is 22.4. The number of hydrogen-bond donors (Lipinski definition) is 0. The lowest BCUT2D eigenvalue weighted by molar-refractivity contribution is -0.155. The summed E-state index contributed by atoms with van der Waals surface area (Å²) in [6.45, 7) is 14.0. The molecule has 1 aliphatic heterocycles. The Bertz CT molecular complexity index is 1200. The summed E-state index contributed by atoms with van der Waals surface area (Å²) in [6.07, 6.45) is 1.09. The van der Waals surface area contributed by atoms with Gasteiger partial charge >= 0.3 is 5.97 Å². The number of aromatic nitrogens is 3. The van der Waals surface area contributed by atoms with E-state index in [1.54, 1.807) is 11.3 Å². The number of aryl methyl sites for hydroxylation is 3. The topological polar surface area (TPSA) is 69.4 Å². The van der Waals surface area contributed by atoms with Crippen molar-refractivity contribution in [2.24, 2.45) is 4.99 Å². The molecule has 168 valence electrons. The minimum Gasteiger partial charge on any atom is -0.460 e. The first-order valence-corrected chi connectivity index (χ1v) is 11.8. The maximum Gasteiger partial charge on any atom is 0.308 e. The molecule has 32 heavy (non-hydrogen) atoms. The fourth-order valence-electron chi connectivity index (χ4n) is 3.96. The predicted molar refractivity (Wildman–Crippen MR) is 128 cm³/mol. The zero-order valence-electron chi connectivity index (χ0n) is 19.8. The van der Waals surface area contributed by atoms with E-state index in [2.05, 4.69) is 59.8 Å². The molecule has 0 amide bonds. The van der Waals surface area contributed by atoms with Crippen molar-refractivity contribution >= 4 is 23.0 Å². The molecule has 1 unspecified atom stereocenters. The van der Waals surface area contributed by atoms with E-state index in [4.69, 9.17) is 9.73 Å². The van der Waals surface area contributed by atoms with Crippen molar-refractivity contribution in [1.29, 1.82) is 0 Å². The number of carbonyl (C=O) groups is 1. The summed E-state index contributed by atoms with van der Waals surface area (Å²) in [5.41, 5.74) is 4.94. The van der Waals surface area contributed by atoms with Crippen LogP contribution in [0, 0.1) is 20.8 Å². The summed E-state index contributed by atoms with van der Waals surface area (Å²) in [4.78, 5) is 19.1. The Kier molecular flexibility index (Phi) is 5.79. The summed E-state index contributed by atoms with van der Waals surface area (Å²) in [7, 11) is 0. The number of carbonyl (C=O) groups excluding carboxylic acids is 1. The smallest absolute Gasteiger partial charge is 0.308 e. The third-order valence-corrected chi connectivity index (χ3v) is 6.85. The van der Waals surface area contributed by atoms with Crippen LogP contribution in [0.5, 0.6) is 0 Å². The highest BCUT2D eigenvalue weighted by molar-refractivity contribution is 7.15. The number of benzene rings is 1. The number of fused-ring (bicyclic) bond motifs is 3. The standard InChI is InChI=1S/C25H30N4O2S/c1-8-17-9-11-18(12-10-17)22-21-14(2)15(3)32-24(21)29-16(4)27-28-23(29)19(26-22)13-20(30)31-25(5,6)7/h9-12,19H,8,13H2,1-7H3. The molecule has 1 atom stereocenters. The molecule has 0 aliphatic carbocycles. The Hall–Kier alpha value is -2.80. The summed E-state index contributed by atoms with van der Waals surface area (Å²) >= 11 is 1.71. The van der Waals surface area contributed by atoms with Gasteiger partial charge in [-0.15, -0.1) is 21.5 Å². The normalized spacial score (nSPS) is 15.6. The second-order valence-corrected chi connectivity index (χ2v) is 10.4. The van der Waals surface area contributed by atoms with Crippen molar-refractivity contribution in [1.82, 2.24) is 14.8 Å². The van der Waals surface area contributed by atoms with Gasteiger partial charge in [0.05, 0.1) is 12.1 Å². The van der Waals surface area contributed by atoms with Crippen LogP contribution in [0.1, 0.15) is 78.9 Å². The van der Waals surface area contributed by atoms with Gasteiger partial charge < -0.3 is 4.74 Å². The minimum atomic E-state index is -0.555. The average molecular weight is 451 g/mol. The third-order valence-electron chi connectivity index (χ3n) is 5.66.